The van der Waals surface area contributed by atoms with Crippen molar-refractivity contribution < 1.29 is 18.7 Å². The normalized spacial score (nSPS) is 10.2. The molecule has 0 heterocycles. The summed E-state index contributed by atoms with van der Waals surface area (Å²) in [6.07, 6.45) is 0.435. The number of ketones is 1. The Kier molecular flexibility index (Phi) is 5.46. The van der Waals surface area contributed by atoms with E-state index in [0.717, 1.165) is 5.56 Å². The first-order chi connectivity index (χ1) is 11.0. The zero-order valence-electron chi connectivity index (χ0n) is 13.1. The largest absolute Gasteiger partial charge is 0.484 e. The fourth-order valence-electron chi connectivity index (χ4n) is 2.00. The van der Waals surface area contributed by atoms with Crippen molar-refractivity contribution in [3.63, 3.8) is 0 Å². The Morgan fingerprint density at radius 3 is 2.43 bits per heavy atom. The summed E-state index contributed by atoms with van der Waals surface area (Å²) < 4.78 is 19.0. The van der Waals surface area contributed by atoms with Gasteiger partial charge < -0.3 is 10.1 Å². The number of nitrogens with one attached hydrogen (secondary N) is 1. The van der Waals surface area contributed by atoms with Gasteiger partial charge in [-0.05, 0) is 48.9 Å². The van der Waals surface area contributed by atoms with Gasteiger partial charge in [-0.3, -0.25) is 9.59 Å². The molecule has 0 aliphatic heterocycles. The third-order valence-corrected chi connectivity index (χ3v) is 3.27. The molecule has 0 aliphatic rings. The lowest BCUT2D eigenvalue weighted by atomic mass is 10.1. The fourth-order valence-corrected chi connectivity index (χ4v) is 2.00. The molecule has 0 unspecified atom stereocenters. The highest BCUT2D eigenvalue weighted by molar-refractivity contribution is 5.96. The zero-order chi connectivity index (χ0) is 16.8. The van der Waals surface area contributed by atoms with Crippen LogP contribution in [-0.2, 0) is 4.79 Å². The molecule has 1 N–H and O–H groups in total. The lowest BCUT2D eigenvalue weighted by molar-refractivity contribution is -0.118. The van der Waals surface area contributed by atoms with E-state index in [1.54, 1.807) is 44.2 Å². The molecule has 0 aromatic heterocycles. The van der Waals surface area contributed by atoms with Crippen molar-refractivity contribution in [3.05, 3.63) is 59.4 Å². The van der Waals surface area contributed by atoms with Crippen LogP contribution in [-0.4, -0.2) is 18.3 Å². The molecule has 0 bridgehead atoms. The molecule has 2 aromatic rings. The maximum atomic E-state index is 13.6. The number of rotatable bonds is 6. The molecule has 0 aliphatic carbocycles. The predicted molar refractivity (Wildman–Crippen MR) is 86.3 cm³/mol. The lowest BCUT2D eigenvalue weighted by Gasteiger charge is -2.09. The Balaban J connectivity index is 1.90. The van der Waals surface area contributed by atoms with Crippen molar-refractivity contribution in [1.82, 2.24) is 0 Å². The van der Waals surface area contributed by atoms with Gasteiger partial charge in [0.1, 0.15) is 11.6 Å². The van der Waals surface area contributed by atoms with E-state index in [4.69, 9.17) is 4.74 Å². The second-order valence-corrected chi connectivity index (χ2v) is 5.12. The highest BCUT2D eigenvalue weighted by atomic mass is 19.1. The van der Waals surface area contributed by atoms with Crippen molar-refractivity contribution in [1.29, 1.82) is 0 Å². The zero-order valence-corrected chi connectivity index (χ0v) is 13.1. The molecule has 2 rings (SSSR count). The van der Waals surface area contributed by atoms with Crippen molar-refractivity contribution in [3.8, 4) is 5.75 Å². The van der Waals surface area contributed by atoms with Crippen LogP contribution in [0.25, 0.3) is 0 Å². The molecule has 4 nitrogen and oxygen atoms in total. The number of aryl methyl sites for hydroxylation is 1. The van der Waals surface area contributed by atoms with Crippen LogP contribution < -0.4 is 10.1 Å². The van der Waals surface area contributed by atoms with E-state index < -0.39 is 11.7 Å². The first-order valence-electron chi connectivity index (χ1n) is 7.31. The first-order valence-corrected chi connectivity index (χ1v) is 7.31. The minimum atomic E-state index is -0.485. The lowest BCUT2D eigenvalue weighted by Crippen LogP contribution is -2.20. The number of anilines is 1. The van der Waals surface area contributed by atoms with Crippen molar-refractivity contribution in [2.45, 2.75) is 20.3 Å². The van der Waals surface area contributed by atoms with Gasteiger partial charge in [0.05, 0.1) is 5.69 Å². The van der Waals surface area contributed by atoms with E-state index in [2.05, 4.69) is 5.32 Å². The van der Waals surface area contributed by atoms with Gasteiger partial charge in [-0.15, -0.1) is 0 Å². The monoisotopic (exact) mass is 315 g/mol. The molecule has 0 spiro atoms. The first kappa shape index (κ1) is 16.7. The topological polar surface area (TPSA) is 55.4 Å². The van der Waals surface area contributed by atoms with E-state index in [1.807, 2.05) is 0 Å². The molecular weight excluding hydrogens is 297 g/mol. The number of carbonyl (C=O) groups excluding carboxylic acids is 2. The van der Waals surface area contributed by atoms with Crippen LogP contribution in [0.5, 0.6) is 5.75 Å². The average molecular weight is 315 g/mol. The minimum absolute atomic E-state index is 0.0455. The molecule has 1 amide bonds. The summed E-state index contributed by atoms with van der Waals surface area (Å²) in [7, 11) is 0. The van der Waals surface area contributed by atoms with Crippen molar-refractivity contribution >= 4 is 17.4 Å². The summed E-state index contributed by atoms with van der Waals surface area (Å²) in [5.41, 5.74) is 1.50. The van der Waals surface area contributed by atoms with Crippen molar-refractivity contribution in [2.75, 3.05) is 11.9 Å². The second kappa shape index (κ2) is 7.54. The quantitative estimate of drug-likeness (QED) is 0.826. The summed E-state index contributed by atoms with van der Waals surface area (Å²) in [6.45, 7) is 3.32. The van der Waals surface area contributed by atoms with E-state index in [-0.39, 0.29) is 18.1 Å². The molecule has 0 saturated heterocycles. The average Bonchev–Trinajstić information content (AvgIpc) is 2.55. The van der Waals surface area contributed by atoms with Crippen LogP contribution in [0.4, 0.5) is 10.1 Å². The molecule has 120 valence electrons. The molecule has 0 radical (unpaired) electrons. The van der Waals surface area contributed by atoms with E-state index in [9.17, 15) is 14.0 Å². The molecule has 0 saturated carbocycles. The molecule has 0 fully saturated rings. The Bertz CT molecular complexity index is 711. The summed E-state index contributed by atoms with van der Waals surface area (Å²) in [4.78, 5) is 23.3. The van der Waals surface area contributed by atoms with Gasteiger partial charge in [0, 0.05) is 12.0 Å². The number of hydrogen-bond donors (Lipinski definition) is 1. The third kappa shape index (κ3) is 4.64. The van der Waals surface area contributed by atoms with Gasteiger partial charge in [0.15, 0.2) is 12.4 Å². The number of halogens is 1. The minimum Gasteiger partial charge on any atom is -0.484 e. The highest BCUT2D eigenvalue weighted by Crippen LogP contribution is 2.16. The predicted octanol–water partition coefficient (Wildman–Crippen LogP) is 3.74. The molecular formula is C18H18FNO3. The Hall–Kier alpha value is -2.69. The number of hydrogen-bond acceptors (Lipinski definition) is 3. The SMILES string of the molecule is CCC(=O)c1ccc(OCC(=O)Nc2ccc(C)cc2F)cc1. The van der Waals surface area contributed by atoms with Crippen LogP contribution in [0.3, 0.4) is 0 Å². The number of carbonyl (C=O) groups is 2. The van der Waals surface area contributed by atoms with Crippen LogP contribution in [0.2, 0.25) is 0 Å². The van der Waals surface area contributed by atoms with Gasteiger partial charge in [-0.25, -0.2) is 4.39 Å². The summed E-state index contributed by atoms with van der Waals surface area (Å²) in [5, 5.41) is 2.45. The summed E-state index contributed by atoms with van der Waals surface area (Å²) in [6, 6.07) is 11.1. The van der Waals surface area contributed by atoms with Gasteiger partial charge in [-0.1, -0.05) is 13.0 Å². The van der Waals surface area contributed by atoms with Crippen molar-refractivity contribution in [2.24, 2.45) is 0 Å². The summed E-state index contributed by atoms with van der Waals surface area (Å²) >= 11 is 0. The van der Waals surface area contributed by atoms with Crippen LogP contribution >= 0.6 is 0 Å². The van der Waals surface area contributed by atoms with E-state index in [1.165, 1.54) is 12.1 Å². The number of benzene rings is 2. The van der Waals surface area contributed by atoms with Crippen LogP contribution in [0.15, 0.2) is 42.5 Å². The Labute approximate surface area is 134 Å². The smallest absolute Gasteiger partial charge is 0.262 e. The van der Waals surface area contributed by atoms with Crippen LogP contribution in [0.1, 0.15) is 29.3 Å². The molecule has 23 heavy (non-hydrogen) atoms. The van der Waals surface area contributed by atoms with Gasteiger partial charge in [-0.2, -0.15) is 0 Å². The summed E-state index contributed by atoms with van der Waals surface area (Å²) in [5.74, 6) is -0.427. The van der Waals surface area contributed by atoms with E-state index in [0.29, 0.717) is 17.7 Å². The van der Waals surface area contributed by atoms with Crippen LogP contribution in [0, 0.1) is 12.7 Å². The Morgan fingerprint density at radius 1 is 1.13 bits per heavy atom. The third-order valence-electron chi connectivity index (χ3n) is 3.27. The highest BCUT2D eigenvalue weighted by Gasteiger charge is 2.08. The fraction of sp³-hybridized carbons (Fsp3) is 0.222. The maximum Gasteiger partial charge on any atom is 0.262 e. The standard InChI is InChI=1S/C18H18FNO3/c1-3-17(21)13-5-7-14(8-6-13)23-11-18(22)20-16-9-4-12(2)10-15(16)19/h4-10H,3,11H2,1-2H3,(H,20,22). The maximum absolute atomic E-state index is 13.6. The number of ether oxygens (including phenoxy) is 1. The number of amides is 1. The van der Waals surface area contributed by atoms with Gasteiger partial charge in [0.2, 0.25) is 0 Å². The molecule has 0 atom stereocenters. The molecule has 2 aromatic carbocycles. The number of Topliss-reactive ketones (excluding diaryl/α,β-unsaturated/α-hetero) is 1. The Morgan fingerprint density at radius 2 is 1.83 bits per heavy atom. The van der Waals surface area contributed by atoms with Gasteiger partial charge in [0.25, 0.3) is 5.91 Å². The van der Waals surface area contributed by atoms with E-state index >= 15 is 0 Å². The second-order valence-electron chi connectivity index (χ2n) is 5.12. The molecule has 5 heteroatoms. The van der Waals surface area contributed by atoms with Gasteiger partial charge >= 0.3 is 0 Å².